The number of ether oxygens (including phenoxy) is 1. The fourth-order valence-electron chi connectivity index (χ4n) is 6.80. The predicted octanol–water partition coefficient (Wildman–Crippen LogP) is 1.73. The van der Waals surface area contributed by atoms with Crippen molar-refractivity contribution in [2.24, 2.45) is 17.8 Å². The molecule has 3 aromatic rings. The average molecular weight is 453 g/mol. The van der Waals surface area contributed by atoms with E-state index in [9.17, 15) is 14.7 Å². The number of carbonyl (C=O) groups is 2. The Labute approximate surface area is 190 Å². The monoisotopic (exact) mass is 452 g/mol. The summed E-state index contributed by atoms with van der Waals surface area (Å²) in [7, 11) is 1.53. The number of aliphatic hydroxyl groups is 1. The number of amides is 2. The third-order valence-corrected chi connectivity index (χ3v) is 7.75. The highest BCUT2D eigenvalue weighted by atomic mass is 16.5. The van der Waals surface area contributed by atoms with E-state index >= 15 is 0 Å². The van der Waals surface area contributed by atoms with Crippen LogP contribution in [0, 0.1) is 17.8 Å². The van der Waals surface area contributed by atoms with Crippen LogP contribution in [0.5, 0.6) is 0 Å². The van der Waals surface area contributed by atoms with E-state index in [0.717, 1.165) is 48.7 Å². The summed E-state index contributed by atoms with van der Waals surface area (Å²) in [4.78, 5) is 32.4. The Hall–Kier alpha value is -2.98. The lowest BCUT2D eigenvalue weighted by atomic mass is 9.52. The first-order chi connectivity index (χ1) is 16.0. The highest BCUT2D eigenvalue weighted by Crippen LogP contribution is 2.60. The molecule has 2 amide bonds. The van der Waals surface area contributed by atoms with Crippen molar-refractivity contribution < 1.29 is 19.4 Å². The topological polar surface area (TPSA) is 134 Å². The molecule has 4 fully saturated rings. The van der Waals surface area contributed by atoms with Gasteiger partial charge >= 0.3 is 11.8 Å². The van der Waals surface area contributed by atoms with E-state index in [2.05, 4.69) is 20.6 Å². The molecule has 4 saturated carbocycles. The van der Waals surface area contributed by atoms with Crippen molar-refractivity contribution in [3.05, 3.63) is 18.5 Å². The van der Waals surface area contributed by atoms with Gasteiger partial charge in [0.1, 0.15) is 5.65 Å². The number of aromatic nitrogens is 4. The van der Waals surface area contributed by atoms with Gasteiger partial charge in [0.15, 0.2) is 5.82 Å². The van der Waals surface area contributed by atoms with E-state index in [-0.39, 0.29) is 12.6 Å². The van der Waals surface area contributed by atoms with Crippen LogP contribution >= 0.6 is 0 Å². The Morgan fingerprint density at radius 3 is 2.76 bits per heavy atom. The Morgan fingerprint density at radius 2 is 2.03 bits per heavy atom. The number of pyridine rings is 1. The van der Waals surface area contributed by atoms with E-state index in [1.54, 1.807) is 6.20 Å². The molecular weight excluding hydrogens is 424 g/mol. The third-order valence-electron chi connectivity index (χ3n) is 7.75. The van der Waals surface area contributed by atoms with E-state index in [4.69, 9.17) is 9.84 Å². The molecule has 4 N–H and O–H groups in total. The predicted molar refractivity (Wildman–Crippen MR) is 120 cm³/mol. The lowest BCUT2D eigenvalue weighted by molar-refractivity contribution is -0.148. The quantitative estimate of drug-likeness (QED) is 0.344. The van der Waals surface area contributed by atoms with Crippen molar-refractivity contribution in [1.82, 2.24) is 25.1 Å². The lowest BCUT2D eigenvalue weighted by Gasteiger charge is -2.57. The van der Waals surface area contributed by atoms with Gasteiger partial charge in [-0.2, -0.15) is 5.10 Å². The van der Waals surface area contributed by atoms with Crippen LogP contribution < -0.4 is 10.6 Å². The summed E-state index contributed by atoms with van der Waals surface area (Å²) in [6, 6.07) is 2.11. The average Bonchev–Trinajstić information content (AvgIpc) is 3.37. The van der Waals surface area contributed by atoms with E-state index in [1.165, 1.54) is 7.11 Å². The van der Waals surface area contributed by atoms with Gasteiger partial charge in [0.05, 0.1) is 29.2 Å². The van der Waals surface area contributed by atoms with Gasteiger partial charge in [0.25, 0.3) is 0 Å². The summed E-state index contributed by atoms with van der Waals surface area (Å²) in [5.41, 5.74) is 1.11. The second-order valence-electron chi connectivity index (χ2n) is 9.94. The molecule has 0 aromatic carbocycles. The summed E-state index contributed by atoms with van der Waals surface area (Å²) in [5, 5.41) is 22.7. The summed E-state index contributed by atoms with van der Waals surface area (Å²) in [6.07, 6.45) is 8.22. The molecule has 10 nitrogen and oxygen atoms in total. The van der Waals surface area contributed by atoms with Crippen LogP contribution in [0.2, 0.25) is 0 Å². The summed E-state index contributed by atoms with van der Waals surface area (Å²) >= 11 is 0. The van der Waals surface area contributed by atoms with Gasteiger partial charge < -0.3 is 25.5 Å². The third kappa shape index (κ3) is 3.31. The Morgan fingerprint density at radius 1 is 1.24 bits per heavy atom. The van der Waals surface area contributed by atoms with Crippen molar-refractivity contribution in [1.29, 1.82) is 0 Å². The van der Waals surface area contributed by atoms with Crippen LogP contribution in [0.1, 0.15) is 38.1 Å². The Bertz CT molecular complexity index is 1230. The van der Waals surface area contributed by atoms with Crippen molar-refractivity contribution in [2.45, 2.75) is 43.7 Å². The number of rotatable bonds is 5. The lowest BCUT2D eigenvalue weighted by Crippen LogP contribution is -2.55. The van der Waals surface area contributed by atoms with Crippen LogP contribution in [0.4, 0.5) is 5.82 Å². The number of nitrogens with zero attached hydrogens (tertiary/aromatic N) is 3. The number of anilines is 1. The highest BCUT2D eigenvalue weighted by Gasteiger charge is 2.55. The summed E-state index contributed by atoms with van der Waals surface area (Å²) in [6.45, 7) is 0.572. The minimum Gasteiger partial charge on any atom is -0.390 e. The van der Waals surface area contributed by atoms with Crippen LogP contribution in [0.25, 0.3) is 21.9 Å². The highest BCUT2D eigenvalue weighted by molar-refractivity contribution is 6.40. The minimum absolute atomic E-state index is 0.144. The Balaban J connectivity index is 1.39. The molecule has 5 atom stereocenters. The van der Waals surface area contributed by atoms with Gasteiger partial charge in [-0.1, -0.05) is 0 Å². The van der Waals surface area contributed by atoms with Crippen molar-refractivity contribution in [2.75, 3.05) is 25.6 Å². The number of nitrogens with one attached hydrogen (secondary N) is 3. The molecule has 4 bridgehead atoms. The molecule has 0 aliphatic heterocycles. The maximum Gasteiger partial charge on any atom is 0.314 e. The van der Waals surface area contributed by atoms with Gasteiger partial charge in [-0.3, -0.25) is 14.3 Å². The van der Waals surface area contributed by atoms with E-state index in [1.807, 2.05) is 16.9 Å². The van der Waals surface area contributed by atoms with Crippen LogP contribution in [0.15, 0.2) is 18.5 Å². The van der Waals surface area contributed by atoms with E-state index < -0.39 is 17.4 Å². The van der Waals surface area contributed by atoms with Crippen molar-refractivity contribution in [3.63, 3.8) is 0 Å². The van der Waals surface area contributed by atoms with Crippen LogP contribution in [0.3, 0.4) is 0 Å². The van der Waals surface area contributed by atoms with E-state index in [0.29, 0.717) is 35.6 Å². The number of methoxy groups -OCH3 is 1. The molecule has 3 aromatic heterocycles. The number of hydrogen-bond donors (Lipinski definition) is 4. The number of aromatic amines is 1. The second kappa shape index (κ2) is 7.53. The van der Waals surface area contributed by atoms with Crippen molar-refractivity contribution in [3.8, 4) is 0 Å². The number of H-pyrrole nitrogens is 1. The molecule has 0 radical (unpaired) electrons. The molecule has 4 aliphatic carbocycles. The zero-order valence-electron chi connectivity index (χ0n) is 18.5. The molecule has 1 unspecified atom stereocenters. The number of fused-ring (bicyclic) bond motifs is 3. The molecule has 10 heteroatoms. The maximum absolute atomic E-state index is 12.6. The number of carbonyl (C=O) groups excluding carboxylic acids is 2. The largest absolute Gasteiger partial charge is 0.390 e. The first-order valence-corrected chi connectivity index (χ1v) is 11.6. The standard InChI is InChI=1S/C23H28N6O4/c1-33-5-4-25-21(30)22(31)27-20-16-11-26-19-15(2-3-24-19)18(16)29(28-20)17-13-6-12-7-14(17)10-23(32,8-12)9-13/h2-3,11-14,17,32H,4-10H2,1H3,(H,24,26)(H,25,30)(H,27,28,31)/t12?,13-,14+,17+,23-. The maximum atomic E-state index is 12.6. The number of hydrogen-bond acceptors (Lipinski definition) is 6. The molecule has 7 rings (SSSR count). The summed E-state index contributed by atoms with van der Waals surface area (Å²) in [5.74, 6) is 0.0859. The summed E-state index contributed by atoms with van der Waals surface area (Å²) < 4.78 is 6.96. The Kier molecular flexibility index (Phi) is 4.70. The van der Waals surface area contributed by atoms with Gasteiger partial charge in [0.2, 0.25) is 0 Å². The SMILES string of the molecule is COCCNC(=O)C(=O)Nc1nn([C@H]2[C@@H]3CC4C[C@H]2C[C@@](O)(C4)C3)c2c1cnc1[nH]ccc12. The molecule has 33 heavy (non-hydrogen) atoms. The molecule has 4 aliphatic rings. The van der Waals surface area contributed by atoms with Gasteiger partial charge in [-0.15, -0.1) is 0 Å². The second-order valence-corrected chi connectivity index (χ2v) is 9.94. The van der Waals surface area contributed by atoms with Gasteiger partial charge in [-0.25, -0.2) is 4.98 Å². The molecular formula is C23H28N6O4. The van der Waals surface area contributed by atoms with Crippen molar-refractivity contribution >= 4 is 39.6 Å². The van der Waals surface area contributed by atoms with Gasteiger partial charge in [-0.05, 0) is 55.9 Å². The van der Waals surface area contributed by atoms with Crippen LogP contribution in [-0.2, 0) is 14.3 Å². The molecule has 174 valence electrons. The molecule has 0 spiro atoms. The molecule has 0 saturated heterocycles. The smallest absolute Gasteiger partial charge is 0.314 e. The van der Waals surface area contributed by atoms with Crippen LogP contribution in [-0.4, -0.2) is 62.5 Å². The fraction of sp³-hybridized carbons (Fsp3) is 0.565. The zero-order valence-corrected chi connectivity index (χ0v) is 18.5. The zero-order chi connectivity index (χ0) is 22.7. The fourth-order valence-corrected chi connectivity index (χ4v) is 6.80. The minimum atomic E-state index is -0.772. The van der Waals surface area contributed by atoms with Gasteiger partial charge in [0, 0.05) is 31.4 Å². The first kappa shape index (κ1) is 20.6. The molecule has 3 heterocycles. The first-order valence-electron chi connectivity index (χ1n) is 11.6. The normalized spacial score (nSPS) is 30.2.